The fourth-order valence-electron chi connectivity index (χ4n) is 2.72. The van der Waals surface area contributed by atoms with Gasteiger partial charge in [-0.3, -0.25) is 0 Å². The molecule has 0 bridgehead atoms. The fourth-order valence-corrected chi connectivity index (χ4v) is 2.72. The second kappa shape index (κ2) is 5.93. The number of carbonyl (C=O) groups is 1. The van der Waals surface area contributed by atoms with E-state index >= 15 is 0 Å². The van der Waals surface area contributed by atoms with Crippen molar-refractivity contribution in [1.82, 2.24) is 0 Å². The molecule has 0 spiro atoms. The standard InChI is InChI=1S/C19H24O2/c1-5-18(3,4)16-11-9-15(10-12-16)17(20)21-19(6-2)13-7-8-14-19/h2,9-12H,5,7-8,13-14H2,1,3-4H3. The molecular formula is C19H24O2. The summed E-state index contributed by atoms with van der Waals surface area (Å²) in [6, 6.07) is 7.71. The van der Waals surface area contributed by atoms with E-state index in [4.69, 9.17) is 11.2 Å². The summed E-state index contributed by atoms with van der Waals surface area (Å²) in [5.41, 5.74) is 1.24. The van der Waals surface area contributed by atoms with Crippen molar-refractivity contribution in [3.8, 4) is 12.3 Å². The van der Waals surface area contributed by atoms with Gasteiger partial charge in [0.2, 0.25) is 0 Å². The molecule has 1 aromatic rings. The summed E-state index contributed by atoms with van der Waals surface area (Å²) >= 11 is 0. The second-order valence-corrected chi connectivity index (χ2v) is 6.55. The van der Waals surface area contributed by atoms with E-state index in [1.54, 1.807) is 0 Å². The van der Waals surface area contributed by atoms with Crippen LogP contribution in [0.5, 0.6) is 0 Å². The molecule has 0 aliphatic heterocycles. The van der Waals surface area contributed by atoms with Gasteiger partial charge in [0.05, 0.1) is 5.56 Å². The molecule has 21 heavy (non-hydrogen) atoms. The van der Waals surface area contributed by atoms with E-state index in [9.17, 15) is 4.79 Å². The number of benzene rings is 1. The van der Waals surface area contributed by atoms with Crippen LogP contribution in [-0.2, 0) is 10.2 Å². The highest BCUT2D eigenvalue weighted by molar-refractivity contribution is 5.90. The third kappa shape index (κ3) is 3.29. The molecule has 0 atom stereocenters. The Hall–Kier alpha value is -1.75. The first-order valence-electron chi connectivity index (χ1n) is 7.74. The van der Waals surface area contributed by atoms with Crippen LogP contribution in [0.4, 0.5) is 0 Å². The van der Waals surface area contributed by atoms with E-state index in [1.165, 1.54) is 5.56 Å². The Morgan fingerprint density at radius 3 is 2.33 bits per heavy atom. The van der Waals surface area contributed by atoms with E-state index < -0.39 is 5.60 Å². The molecule has 0 saturated heterocycles. The lowest BCUT2D eigenvalue weighted by molar-refractivity contribution is 0.0104. The first-order valence-corrected chi connectivity index (χ1v) is 7.74. The van der Waals surface area contributed by atoms with Crippen molar-refractivity contribution < 1.29 is 9.53 Å². The first-order chi connectivity index (χ1) is 9.92. The summed E-state index contributed by atoms with van der Waals surface area (Å²) in [6.07, 6.45) is 10.2. The Morgan fingerprint density at radius 1 is 1.29 bits per heavy atom. The van der Waals surface area contributed by atoms with E-state index in [1.807, 2.05) is 24.3 Å². The number of esters is 1. The van der Waals surface area contributed by atoms with Gasteiger partial charge in [-0.15, -0.1) is 6.42 Å². The van der Waals surface area contributed by atoms with Gasteiger partial charge >= 0.3 is 5.97 Å². The molecule has 0 aromatic heterocycles. The summed E-state index contributed by atoms with van der Waals surface area (Å²) in [4.78, 5) is 12.3. The zero-order valence-corrected chi connectivity index (χ0v) is 13.2. The van der Waals surface area contributed by atoms with Gasteiger partial charge < -0.3 is 4.74 Å². The summed E-state index contributed by atoms with van der Waals surface area (Å²) < 4.78 is 5.61. The minimum absolute atomic E-state index is 0.119. The second-order valence-electron chi connectivity index (χ2n) is 6.55. The fraction of sp³-hybridized carbons (Fsp3) is 0.526. The number of carbonyl (C=O) groups excluding carboxylic acids is 1. The smallest absolute Gasteiger partial charge is 0.339 e. The molecule has 0 radical (unpaired) electrons. The normalized spacial score (nSPS) is 17.2. The zero-order chi connectivity index (χ0) is 15.5. The largest absolute Gasteiger partial charge is 0.442 e. The van der Waals surface area contributed by atoms with Crippen LogP contribution >= 0.6 is 0 Å². The highest BCUT2D eigenvalue weighted by Gasteiger charge is 2.36. The SMILES string of the molecule is C#CC1(OC(=O)c2ccc(C(C)(C)CC)cc2)CCCC1. The Morgan fingerprint density at radius 2 is 1.86 bits per heavy atom. The molecule has 112 valence electrons. The third-order valence-electron chi connectivity index (χ3n) is 4.75. The average Bonchev–Trinajstić information content (AvgIpc) is 2.96. The maximum absolute atomic E-state index is 12.3. The molecule has 0 heterocycles. The van der Waals surface area contributed by atoms with Crippen LogP contribution in [0.1, 0.15) is 68.8 Å². The average molecular weight is 284 g/mol. The van der Waals surface area contributed by atoms with E-state index in [0.29, 0.717) is 5.56 Å². The zero-order valence-electron chi connectivity index (χ0n) is 13.2. The van der Waals surface area contributed by atoms with E-state index in [-0.39, 0.29) is 11.4 Å². The van der Waals surface area contributed by atoms with Gasteiger partial charge in [-0.05, 0) is 55.2 Å². The maximum Gasteiger partial charge on any atom is 0.339 e. The van der Waals surface area contributed by atoms with Gasteiger partial charge in [0.15, 0.2) is 5.60 Å². The first kappa shape index (κ1) is 15.6. The van der Waals surface area contributed by atoms with Crippen LogP contribution in [0.2, 0.25) is 0 Å². The molecule has 0 N–H and O–H groups in total. The van der Waals surface area contributed by atoms with Gasteiger partial charge in [0.1, 0.15) is 0 Å². The molecular weight excluding hydrogens is 260 g/mol. The molecule has 2 nitrogen and oxygen atoms in total. The molecule has 1 aliphatic rings. The van der Waals surface area contributed by atoms with Crippen molar-refractivity contribution in [3.05, 3.63) is 35.4 Å². The highest BCUT2D eigenvalue weighted by atomic mass is 16.6. The van der Waals surface area contributed by atoms with Crippen LogP contribution in [-0.4, -0.2) is 11.6 Å². The molecule has 0 amide bonds. The topological polar surface area (TPSA) is 26.3 Å². The number of ether oxygens (including phenoxy) is 1. The Kier molecular flexibility index (Phi) is 4.42. The molecule has 0 unspecified atom stereocenters. The van der Waals surface area contributed by atoms with Gasteiger partial charge in [-0.1, -0.05) is 38.8 Å². The summed E-state index contributed by atoms with van der Waals surface area (Å²) in [6.45, 7) is 6.57. The van der Waals surface area contributed by atoms with Crippen LogP contribution in [0.3, 0.4) is 0 Å². The van der Waals surface area contributed by atoms with Crippen LogP contribution < -0.4 is 0 Å². The number of hydrogen-bond acceptors (Lipinski definition) is 2. The molecule has 1 aromatic carbocycles. The Balaban J connectivity index is 2.12. The van der Waals surface area contributed by atoms with Crippen molar-refractivity contribution in [3.63, 3.8) is 0 Å². The number of hydrogen-bond donors (Lipinski definition) is 0. The van der Waals surface area contributed by atoms with Crippen molar-refractivity contribution in [2.24, 2.45) is 0 Å². The lowest BCUT2D eigenvalue weighted by Crippen LogP contribution is -2.30. The number of rotatable bonds is 4. The molecule has 1 saturated carbocycles. The van der Waals surface area contributed by atoms with Gasteiger partial charge in [0, 0.05) is 0 Å². The van der Waals surface area contributed by atoms with E-state index in [2.05, 4.69) is 26.7 Å². The minimum Gasteiger partial charge on any atom is -0.442 e. The predicted molar refractivity (Wildman–Crippen MR) is 85.2 cm³/mol. The Labute approximate surface area is 127 Å². The molecule has 1 fully saturated rings. The van der Waals surface area contributed by atoms with Crippen molar-refractivity contribution in [2.75, 3.05) is 0 Å². The Bertz CT molecular complexity index is 540. The van der Waals surface area contributed by atoms with Crippen molar-refractivity contribution in [1.29, 1.82) is 0 Å². The molecule has 2 rings (SSSR count). The summed E-state index contributed by atoms with van der Waals surface area (Å²) in [7, 11) is 0. The highest BCUT2D eigenvalue weighted by Crippen LogP contribution is 2.33. The van der Waals surface area contributed by atoms with Gasteiger partial charge in [-0.25, -0.2) is 4.79 Å². The number of terminal acetylenes is 1. The van der Waals surface area contributed by atoms with Crippen LogP contribution in [0.25, 0.3) is 0 Å². The van der Waals surface area contributed by atoms with Crippen LogP contribution in [0.15, 0.2) is 24.3 Å². The molecule has 1 aliphatic carbocycles. The lowest BCUT2D eigenvalue weighted by Gasteiger charge is -2.24. The van der Waals surface area contributed by atoms with E-state index in [0.717, 1.165) is 32.1 Å². The minimum atomic E-state index is -0.682. The van der Waals surface area contributed by atoms with Gasteiger partial charge in [0.25, 0.3) is 0 Å². The molecule has 2 heteroatoms. The summed E-state index contributed by atoms with van der Waals surface area (Å²) in [5, 5.41) is 0. The lowest BCUT2D eigenvalue weighted by atomic mass is 9.82. The quantitative estimate of drug-likeness (QED) is 0.602. The monoisotopic (exact) mass is 284 g/mol. The third-order valence-corrected chi connectivity index (χ3v) is 4.75. The van der Waals surface area contributed by atoms with Crippen molar-refractivity contribution >= 4 is 5.97 Å². The summed E-state index contributed by atoms with van der Waals surface area (Å²) in [5.74, 6) is 2.37. The van der Waals surface area contributed by atoms with Crippen molar-refractivity contribution in [2.45, 2.75) is 63.9 Å². The maximum atomic E-state index is 12.3. The predicted octanol–water partition coefficient (Wildman–Crippen LogP) is 4.48. The van der Waals surface area contributed by atoms with Crippen LogP contribution in [0, 0.1) is 12.3 Å². The van der Waals surface area contributed by atoms with Gasteiger partial charge in [-0.2, -0.15) is 0 Å².